The van der Waals surface area contributed by atoms with Gasteiger partial charge in [0.2, 0.25) is 0 Å². The Kier molecular flexibility index (Phi) is 4.14. The molecule has 2 aromatic rings. The third kappa shape index (κ3) is 2.86. The molecule has 0 aromatic carbocycles. The number of carbonyl (C=O) groups is 1. The number of hydrogen-bond acceptors (Lipinski definition) is 5. The first-order valence-electron chi connectivity index (χ1n) is 8.67. The van der Waals surface area contributed by atoms with E-state index in [2.05, 4.69) is 20.7 Å². The first kappa shape index (κ1) is 15.8. The number of piperidine rings is 1. The summed E-state index contributed by atoms with van der Waals surface area (Å²) in [6, 6.07) is 2.17. The van der Waals surface area contributed by atoms with Crippen molar-refractivity contribution in [2.75, 3.05) is 13.1 Å². The number of amides is 1. The first-order valence-corrected chi connectivity index (χ1v) is 9.55. The van der Waals surface area contributed by atoms with Gasteiger partial charge in [-0.3, -0.25) is 9.48 Å². The van der Waals surface area contributed by atoms with Crippen LogP contribution < -0.4 is 10.6 Å². The Labute approximate surface area is 145 Å². The molecule has 128 valence electrons. The van der Waals surface area contributed by atoms with Gasteiger partial charge in [0.25, 0.3) is 5.91 Å². The highest BCUT2D eigenvalue weighted by atomic mass is 32.1. The van der Waals surface area contributed by atoms with Crippen molar-refractivity contribution in [2.24, 2.45) is 0 Å². The summed E-state index contributed by atoms with van der Waals surface area (Å²) in [7, 11) is 0. The molecule has 4 rings (SSSR count). The summed E-state index contributed by atoms with van der Waals surface area (Å²) in [5.41, 5.74) is 1.23. The highest BCUT2D eigenvalue weighted by Crippen LogP contribution is 2.42. The maximum Gasteiger partial charge on any atom is 0.272 e. The Morgan fingerprint density at radius 2 is 2.33 bits per heavy atom. The molecule has 3 heterocycles. The molecule has 1 aliphatic heterocycles. The van der Waals surface area contributed by atoms with Crippen molar-refractivity contribution in [1.29, 1.82) is 0 Å². The van der Waals surface area contributed by atoms with Gasteiger partial charge >= 0.3 is 0 Å². The van der Waals surface area contributed by atoms with Crippen LogP contribution in [0.1, 0.15) is 59.3 Å². The molecular formula is C17H23N5OS. The zero-order valence-corrected chi connectivity index (χ0v) is 14.7. The van der Waals surface area contributed by atoms with Crippen molar-refractivity contribution in [2.45, 2.75) is 50.6 Å². The number of rotatable bonds is 4. The number of aryl methyl sites for hydroxylation is 1. The molecule has 7 heteroatoms. The summed E-state index contributed by atoms with van der Waals surface area (Å²) >= 11 is 1.64. The molecule has 24 heavy (non-hydrogen) atoms. The lowest BCUT2D eigenvalue weighted by Gasteiger charge is -2.40. The zero-order valence-electron chi connectivity index (χ0n) is 13.9. The fourth-order valence-corrected chi connectivity index (χ4v) is 4.51. The molecule has 2 N–H and O–H groups in total. The fourth-order valence-electron chi connectivity index (χ4n) is 3.50. The predicted octanol–water partition coefficient (Wildman–Crippen LogP) is 2.38. The van der Waals surface area contributed by atoms with E-state index in [-0.39, 0.29) is 11.4 Å². The summed E-state index contributed by atoms with van der Waals surface area (Å²) in [4.78, 5) is 17.3. The third-order valence-corrected chi connectivity index (χ3v) is 6.24. The largest absolute Gasteiger partial charge is 0.339 e. The molecule has 1 aliphatic carbocycles. The molecule has 0 radical (unpaired) electrons. The van der Waals surface area contributed by atoms with E-state index in [0.29, 0.717) is 11.7 Å². The lowest BCUT2D eigenvalue weighted by Crippen LogP contribution is -2.50. The van der Waals surface area contributed by atoms with E-state index >= 15 is 0 Å². The van der Waals surface area contributed by atoms with E-state index in [1.54, 1.807) is 11.3 Å². The summed E-state index contributed by atoms with van der Waals surface area (Å²) < 4.78 is 1.93. The van der Waals surface area contributed by atoms with Gasteiger partial charge in [-0.25, -0.2) is 4.98 Å². The molecule has 2 fully saturated rings. The van der Waals surface area contributed by atoms with E-state index in [1.165, 1.54) is 0 Å². The average molecular weight is 345 g/mol. The van der Waals surface area contributed by atoms with E-state index in [1.807, 2.05) is 29.2 Å². The SMILES string of the molecule is Cc1csc(C2(NC(=O)c3ccn(C4CCCNC4)n3)CCC2)n1. The van der Waals surface area contributed by atoms with Crippen LogP contribution in [0, 0.1) is 6.92 Å². The van der Waals surface area contributed by atoms with Gasteiger partial charge < -0.3 is 10.6 Å². The van der Waals surface area contributed by atoms with Gasteiger partial charge in [0.1, 0.15) is 10.7 Å². The van der Waals surface area contributed by atoms with Gasteiger partial charge in [-0.2, -0.15) is 5.10 Å². The standard InChI is InChI=1S/C17H23N5OS/c1-12-11-24-16(19-12)17(6-3-7-17)20-15(23)14-5-9-22(21-14)13-4-2-8-18-10-13/h5,9,11,13,18H,2-4,6-8,10H2,1H3,(H,20,23). The van der Waals surface area contributed by atoms with Gasteiger partial charge in [-0.15, -0.1) is 11.3 Å². The predicted molar refractivity (Wildman–Crippen MR) is 93.2 cm³/mol. The zero-order chi connectivity index (χ0) is 16.6. The summed E-state index contributed by atoms with van der Waals surface area (Å²) in [5.74, 6) is -0.0925. The average Bonchev–Trinajstić information content (AvgIpc) is 3.21. The van der Waals surface area contributed by atoms with Crippen LogP contribution in [-0.2, 0) is 5.54 Å². The van der Waals surface area contributed by atoms with E-state index in [0.717, 1.165) is 55.9 Å². The first-order chi connectivity index (χ1) is 11.7. The molecule has 1 atom stereocenters. The second-order valence-electron chi connectivity index (χ2n) is 6.86. The highest BCUT2D eigenvalue weighted by molar-refractivity contribution is 7.09. The van der Waals surface area contributed by atoms with Crippen LogP contribution in [0.25, 0.3) is 0 Å². The molecule has 6 nitrogen and oxygen atoms in total. The second-order valence-corrected chi connectivity index (χ2v) is 7.72. The monoisotopic (exact) mass is 345 g/mol. The maximum absolute atomic E-state index is 12.7. The van der Waals surface area contributed by atoms with Crippen LogP contribution in [0.5, 0.6) is 0 Å². The molecule has 2 aliphatic rings. The minimum Gasteiger partial charge on any atom is -0.339 e. The van der Waals surface area contributed by atoms with Gasteiger partial charge in [-0.05, 0) is 51.6 Å². The topological polar surface area (TPSA) is 71.8 Å². The molecule has 1 saturated carbocycles. The number of carbonyl (C=O) groups excluding carboxylic acids is 1. The Hall–Kier alpha value is -1.73. The smallest absolute Gasteiger partial charge is 0.272 e. The van der Waals surface area contributed by atoms with Crippen LogP contribution in [0.3, 0.4) is 0 Å². The quantitative estimate of drug-likeness (QED) is 0.892. The Morgan fingerprint density at radius 1 is 1.46 bits per heavy atom. The van der Waals surface area contributed by atoms with Crippen LogP contribution in [0.2, 0.25) is 0 Å². The van der Waals surface area contributed by atoms with Gasteiger partial charge in [-0.1, -0.05) is 0 Å². The van der Waals surface area contributed by atoms with Gasteiger partial charge in [0.15, 0.2) is 0 Å². The summed E-state index contributed by atoms with van der Waals surface area (Å²) in [6.45, 7) is 3.99. The molecule has 1 unspecified atom stereocenters. The lowest BCUT2D eigenvalue weighted by atomic mass is 9.77. The number of nitrogens with zero attached hydrogens (tertiary/aromatic N) is 3. The normalized spacial score (nSPS) is 22.8. The van der Waals surface area contributed by atoms with Crippen molar-refractivity contribution in [3.63, 3.8) is 0 Å². The Bertz CT molecular complexity index is 727. The van der Waals surface area contributed by atoms with Crippen LogP contribution >= 0.6 is 11.3 Å². The van der Waals surface area contributed by atoms with E-state index in [4.69, 9.17) is 0 Å². The molecule has 0 bridgehead atoms. The molecule has 1 amide bonds. The van der Waals surface area contributed by atoms with Crippen molar-refractivity contribution in [3.8, 4) is 0 Å². The van der Waals surface area contributed by atoms with Crippen molar-refractivity contribution < 1.29 is 4.79 Å². The number of thiazole rings is 1. The van der Waals surface area contributed by atoms with Crippen molar-refractivity contribution in [3.05, 3.63) is 34.0 Å². The maximum atomic E-state index is 12.7. The fraction of sp³-hybridized carbons (Fsp3) is 0.588. The summed E-state index contributed by atoms with van der Waals surface area (Å²) in [5, 5.41) is 14.2. The Morgan fingerprint density at radius 3 is 2.96 bits per heavy atom. The molecular weight excluding hydrogens is 322 g/mol. The molecule has 0 spiro atoms. The third-order valence-electron chi connectivity index (χ3n) is 5.07. The number of aromatic nitrogens is 3. The highest BCUT2D eigenvalue weighted by Gasteiger charge is 2.43. The van der Waals surface area contributed by atoms with Crippen LogP contribution in [0.15, 0.2) is 17.6 Å². The van der Waals surface area contributed by atoms with Crippen molar-refractivity contribution in [1.82, 2.24) is 25.4 Å². The van der Waals surface area contributed by atoms with Crippen LogP contribution in [-0.4, -0.2) is 33.8 Å². The molecule has 2 aromatic heterocycles. The van der Waals surface area contributed by atoms with Gasteiger partial charge in [0.05, 0.1) is 11.6 Å². The van der Waals surface area contributed by atoms with Gasteiger partial charge in [0, 0.05) is 23.8 Å². The number of hydrogen-bond donors (Lipinski definition) is 2. The van der Waals surface area contributed by atoms with E-state index < -0.39 is 0 Å². The minimum atomic E-state index is -0.286. The number of nitrogens with one attached hydrogen (secondary N) is 2. The minimum absolute atomic E-state index is 0.0925. The van der Waals surface area contributed by atoms with E-state index in [9.17, 15) is 4.79 Å². The van der Waals surface area contributed by atoms with Crippen LogP contribution in [0.4, 0.5) is 0 Å². The summed E-state index contributed by atoms with van der Waals surface area (Å²) in [6.07, 6.45) is 7.23. The molecule has 1 saturated heterocycles. The Balaban J connectivity index is 1.48. The second kappa shape index (κ2) is 6.29. The lowest BCUT2D eigenvalue weighted by molar-refractivity contribution is 0.0816. The van der Waals surface area contributed by atoms with Crippen molar-refractivity contribution >= 4 is 17.2 Å².